The van der Waals surface area contributed by atoms with E-state index in [1.807, 2.05) is 4.90 Å². The first kappa shape index (κ1) is 14.8. The third-order valence-corrected chi connectivity index (χ3v) is 3.74. The summed E-state index contributed by atoms with van der Waals surface area (Å²) in [5.74, 6) is 0.357. The van der Waals surface area contributed by atoms with Gasteiger partial charge in [-0.1, -0.05) is 19.3 Å². The van der Waals surface area contributed by atoms with Crippen LogP contribution in [0.25, 0.3) is 0 Å². The lowest BCUT2D eigenvalue weighted by molar-refractivity contribution is -0.138. The number of halogens is 3. The summed E-state index contributed by atoms with van der Waals surface area (Å²) >= 11 is 0. The standard InChI is InChI=1S/C12H23F3N2/c1-17(8-7-12(13,14)15)11-6-4-2-3-5-10(11)9-16/h10-11H,2-9,16H2,1H3. The Morgan fingerprint density at radius 2 is 1.82 bits per heavy atom. The summed E-state index contributed by atoms with van der Waals surface area (Å²) in [5.41, 5.74) is 5.73. The van der Waals surface area contributed by atoms with Gasteiger partial charge in [0.15, 0.2) is 0 Å². The van der Waals surface area contributed by atoms with E-state index in [-0.39, 0.29) is 12.6 Å². The van der Waals surface area contributed by atoms with Gasteiger partial charge in [0.05, 0.1) is 6.42 Å². The highest BCUT2D eigenvalue weighted by Crippen LogP contribution is 2.27. The van der Waals surface area contributed by atoms with Gasteiger partial charge in [-0.3, -0.25) is 0 Å². The SMILES string of the molecule is CN(CCC(F)(F)F)C1CCCCCC1CN. The fraction of sp³-hybridized carbons (Fsp3) is 1.00. The van der Waals surface area contributed by atoms with E-state index in [9.17, 15) is 13.2 Å². The van der Waals surface area contributed by atoms with Crippen LogP contribution in [0.5, 0.6) is 0 Å². The highest BCUT2D eigenvalue weighted by Gasteiger charge is 2.31. The highest BCUT2D eigenvalue weighted by molar-refractivity contribution is 4.81. The molecule has 1 rings (SSSR count). The molecule has 1 aliphatic rings. The number of alkyl halides is 3. The number of nitrogens with two attached hydrogens (primary N) is 1. The Morgan fingerprint density at radius 1 is 1.18 bits per heavy atom. The van der Waals surface area contributed by atoms with Crippen LogP contribution in [0, 0.1) is 5.92 Å². The Kier molecular flexibility index (Phi) is 5.73. The van der Waals surface area contributed by atoms with Gasteiger partial charge in [0.1, 0.15) is 0 Å². The van der Waals surface area contributed by atoms with Gasteiger partial charge in [-0.15, -0.1) is 0 Å². The molecule has 0 aliphatic heterocycles. The first-order valence-electron chi connectivity index (χ1n) is 6.41. The molecule has 0 aromatic rings. The summed E-state index contributed by atoms with van der Waals surface area (Å²) in [6.07, 6.45) is 0.700. The molecule has 0 heterocycles. The summed E-state index contributed by atoms with van der Waals surface area (Å²) in [7, 11) is 1.80. The summed E-state index contributed by atoms with van der Waals surface area (Å²) in [5, 5.41) is 0. The molecule has 0 bridgehead atoms. The number of rotatable bonds is 4. The fourth-order valence-electron chi connectivity index (χ4n) is 2.69. The van der Waals surface area contributed by atoms with E-state index in [1.165, 1.54) is 6.42 Å². The van der Waals surface area contributed by atoms with Gasteiger partial charge >= 0.3 is 6.18 Å². The van der Waals surface area contributed by atoms with Crippen molar-refractivity contribution in [2.24, 2.45) is 11.7 Å². The molecule has 0 spiro atoms. The van der Waals surface area contributed by atoms with E-state index in [2.05, 4.69) is 0 Å². The van der Waals surface area contributed by atoms with Crippen molar-refractivity contribution in [1.29, 1.82) is 0 Å². The van der Waals surface area contributed by atoms with Crippen LogP contribution in [0.2, 0.25) is 0 Å². The third kappa shape index (κ3) is 5.25. The molecule has 1 saturated carbocycles. The van der Waals surface area contributed by atoms with Crippen molar-refractivity contribution in [1.82, 2.24) is 4.90 Å². The minimum absolute atomic E-state index is 0.0880. The van der Waals surface area contributed by atoms with E-state index < -0.39 is 12.6 Å². The Balaban J connectivity index is 2.48. The van der Waals surface area contributed by atoms with Crippen molar-refractivity contribution in [3.8, 4) is 0 Å². The Bertz CT molecular complexity index is 218. The van der Waals surface area contributed by atoms with Crippen molar-refractivity contribution < 1.29 is 13.2 Å². The largest absolute Gasteiger partial charge is 0.390 e. The first-order valence-corrected chi connectivity index (χ1v) is 6.41. The van der Waals surface area contributed by atoms with E-state index in [0.29, 0.717) is 12.5 Å². The predicted octanol–water partition coefficient (Wildman–Crippen LogP) is 2.78. The van der Waals surface area contributed by atoms with Gasteiger partial charge in [0, 0.05) is 12.6 Å². The van der Waals surface area contributed by atoms with Gasteiger partial charge in [-0.05, 0) is 32.4 Å². The number of hydrogen-bond donors (Lipinski definition) is 1. The molecular formula is C12H23F3N2. The van der Waals surface area contributed by atoms with Crippen LogP contribution in [-0.2, 0) is 0 Å². The molecular weight excluding hydrogens is 229 g/mol. The molecule has 2 nitrogen and oxygen atoms in total. The lowest BCUT2D eigenvalue weighted by Crippen LogP contribution is -2.41. The van der Waals surface area contributed by atoms with Gasteiger partial charge in [-0.25, -0.2) is 0 Å². The fourth-order valence-corrected chi connectivity index (χ4v) is 2.69. The normalized spacial score (nSPS) is 27.2. The maximum Gasteiger partial charge on any atom is 0.390 e. The zero-order valence-corrected chi connectivity index (χ0v) is 10.5. The van der Waals surface area contributed by atoms with Crippen LogP contribution in [0.3, 0.4) is 0 Å². The molecule has 2 N–H and O–H groups in total. The third-order valence-electron chi connectivity index (χ3n) is 3.74. The van der Waals surface area contributed by atoms with E-state index in [0.717, 1.165) is 25.7 Å². The Labute approximate surface area is 101 Å². The summed E-state index contributed by atoms with van der Waals surface area (Å²) in [4.78, 5) is 1.86. The van der Waals surface area contributed by atoms with Gasteiger partial charge in [0.25, 0.3) is 0 Å². The molecule has 0 radical (unpaired) electrons. The molecule has 2 unspecified atom stereocenters. The summed E-state index contributed by atoms with van der Waals surface area (Å²) in [6, 6.07) is 0.227. The van der Waals surface area contributed by atoms with E-state index in [4.69, 9.17) is 5.73 Å². The van der Waals surface area contributed by atoms with E-state index in [1.54, 1.807) is 7.05 Å². The van der Waals surface area contributed by atoms with Crippen LogP contribution < -0.4 is 5.73 Å². The molecule has 1 fully saturated rings. The van der Waals surface area contributed by atoms with Crippen molar-refractivity contribution >= 4 is 0 Å². The number of nitrogens with zero attached hydrogens (tertiary/aromatic N) is 1. The zero-order valence-electron chi connectivity index (χ0n) is 10.5. The summed E-state index contributed by atoms with van der Waals surface area (Å²) < 4.78 is 36.6. The second kappa shape index (κ2) is 6.59. The molecule has 17 heavy (non-hydrogen) atoms. The van der Waals surface area contributed by atoms with Gasteiger partial charge < -0.3 is 10.6 Å². The molecule has 0 amide bonds. The molecule has 5 heteroatoms. The molecule has 2 atom stereocenters. The lowest BCUT2D eigenvalue weighted by Gasteiger charge is -2.33. The predicted molar refractivity (Wildman–Crippen MR) is 62.7 cm³/mol. The van der Waals surface area contributed by atoms with Crippen molar-refractivity contribution in [2.75, 3.05) is 20.1 Å². The minimum Gasteiger partial charge on any atom is -0.330 e. The van der Waals surface area contributed by atoms with Gasteiger partial charge in [0.2, 0.25) is 0 Å². The van der Waals surface area contributed by atoms with Crippen molar-refractivity contribution in [3.63, 3.8) is 0 Å². The molecule has 102 valence electrons. The average Bonchev–Trinajstić information content (AvgIpc) is 2.49. The minimum atomic E-state index is -4.06. The highest BCUT2D eigenvalue weighted by atomic mass is 19.4. The first-order chi connectivity index (χ1) is 7.94. The topological polar surface area (TPSA) is 29.3 Å². The average molecular weight is 252 g/mol. The maximum atomic E-state index is 12.2. The molecule has 0 saturated heterocycles. The summed E-state index contributed by atoms with van der Waals surface area (Å²) in [6.45, 7) is 0.672. The zero-order chi connectivity index (χ0) is 12.9. The molecule has 1 aliphatic carbocycles. The quantitative estimate of drug-likeness (QED) is 0.780. The smallest absolute Gasteiger partial charge is 0.330 e. The second-order valence-electron chi connectivity index (χ2n) is 5.05. The number of hydrogen-bond acceptors (Lipinski definition) is 2. The van der Waals surface area contributed by atoms with E-state index >= 15 is 0 Å². The Hall–Kier alpha value is -0.290. The van der Waals surface area contributed by atoms with Crippen LogP contribution in [-0.4, -0.2) is 37.3 Å². The van der Waals surface area contributed by atoms with Crippen molar-refractivity contribution in [2.45, 2.75) is 50.7 Å². The van der Waals surface area contributed by atoms with Gasteiger partial charge in [-0.2, -0.15) is 13.2 Å². The van der Waals surface area contributed by atoms with Crippen LogP contribution in [0.15, 0.2) is 0 Å². The van der Waals surface area contributed by atoms with Crippen LogP contribution in [0.4, 0.5) is 13.2 Å². The van der Waals surface area contributed by atoms with Crippen LogP contribution in [0.1, 0.15) is 38.5 Å². The van der Waals surface area contributed by atoms with Crippen LogP contribution >= 0.6 is 0 Å². The maximum absolute atomic E-state index is 12.2. The van der Waals surface area contributed by atoms with Crippen molar-refractivity contribution in [3.05, 3.63) is 0 Å². The lowest BCUT2D eigenvalue weighted by atomic mass is 9.93. The second-order valence-corrected chi connectivity index (χ2v) is 5.05. The molecule has 0 aromatic carbocycles. The monoisotopic (exact) mass is 252 g/mol. The Morgan fingerprint density at radius 3 is 2.41 bits per heavy atom. The molecule has 0 aromatic heterocycles.